The number of carbonyl (C=O) groups is 2. The molecule has 1 aliphatic heterocycles. The Morgan fingerprint density at radius 2 is 1.68 bits per heavy atom. The van der Waals surface area contributed by atoms with Crippen LogP contribution in [0, 0.1) is 17.0 Å². The van der Waals surface area contributed by atoms with Crippen LogP contribution in [0.2, 0.25) is 0 Å². The lowest BCUT2D eigenvalue weighted by molar-refractivity contribution is -0.383. The highest BCUT2D eigenvalue weighted by molar-refractivity contribution is 6.39. The van der Waals surface area contributed by atoms with E-state index in [0.717, 1.165) is 37.3 Å². The van der Waals surface area contributed by atoms with E-state index in [1.54, 1.807) is 6.07 Å². The summed E-state index contributed by atoms with van der Waals surface area (Å²) in [7, 11) is 2.08. The molecule has 3 rings (SSSR count). The van der Waals surface area contributed by atoms with Crippen LogP contribution in [0.3, 0.4) is 0 Å². The van der Waals surface area contributed by atoms with Gasteiger partial charge in [0.05, 0.1) is 11.0 Å². The first-order valence-corrected chi connectivity index (χ1v) is 10.2. The number of carbonyl (C=O) groups excluding carboxylic acids is 2. The number of nitro benzene ring substituents is 1. The van der Waals surface area contributed by atoms with Crippen LogP contribution in [0.15, 0.2) is 48.5 Å². The van der Waals surface area contributed by atoms with E-state index in [-0.39, 0.29) is 24.0 Å². The van der Waals surface area contributed by atoms with E-state index < -0.39 is 16.7 Å². The highest BCUT2D eigenvalue weighted by Crippen LogP contribution is 2.24. The molecule has 0 bridgehead atoms. The van der Waals surface area contributed by atoms with Crippen molar-refractivity contribution in [2.24, 2.45) is 0 Å². The van der Waals surface area contributed by atoms with Gasteiger partial charge in [-0.3, -0.25) is 24.6 Å². The average molecular weight is 425 g/mol. The summed E-state index contributed by atoms with van der Waals surface area (Å²) < 4.78 is 0. The zero-order valence-corrected chi connectivity index (χ0v) is 17.7. The SMILES string of the molecule is Cc1ccc(C(CNC(=O)C(=O)Nc2ccccc2[N+](=O)[O-])N2CCN(C)CC2)cc1. The number of nitrogens with one attached hydrogen (secondary N) is 2. The molecule has 2 aromatic carbocycles. The number of para-hydroxylation sites is 2. The molecule has 0 aromatic heterocycles. The lowest BCUT2D eigenvalue weighted by atomic mass is 10.0. The third kappa shape index (κ3) is 5.87. The molecule has 0 aliphatic carbocycles. The lowest BCUT2D eigenvalue weighted by Crippen LogP contribution is -2.49. The molecular formula is C22H27N5O4. The molecule has 0 spiro atoms. The Hall–Kier alpha value is -3.30. The Bertz CT molecular complexity index is 939. The van der Waals surface area contributed by atoms with Gasteiger partial charge in [-0.25, -0.2) is 0 Å². The van der Waals surface area contributed by atoms with Gasteiger partial charge in [0.25, 0.3) is 5.69 Å². The minimum Gasteiger partial charge on any atom is -0.346 e. The molecule has 1 fully saturated rings. The van der Waals surface area contributed by atoms with E-state index in [1.807, 2.05) is 31.2 Å². The van der Waals surface area contributed by atoms with Gasteiger partial charge in [-0.15, -0.1) is 0 Å². The van der Waals surface area contributed by atoms with Crippen LogP contribution < -0.4 is 10.6 Å². The average Bonchev–Trinajstić information content (AvgIpc) is 2.76. The molecular weight excluding hydrogens is 398 g/mol. The second-order valence-electron chi connectivity index (χ2n) is 7.70. The number of nitrogens with zero attached hydrogens (tertiary/aromatic N) is 3. The molecule has 0 radical (unpaired) electrons. The molecule has 2 aromatic rings. The number of aryl methyl sites for hydroxylation is 1. The maximum Gasteiger partial charge on any atom is 0.313 e. The predicted octanol–water partition coefficient (Wildman–Crippen LogP) is 1.95. The first-order valence-electron chi connectivity index (χ1n) is 10.2. The van der Waals surface area contributed by atoms with Gasteiger partial charge in [-0.05, 0) is 25.6 Å². The molecule has 0 saturated carbocycles. The first-order chi connectivity index (χ1) is 14.8. The number of hydrogen-bond acceptors (Lipinski definition) is 6. The van der Waals surface area contributed by atoms with E-state index in [1.165, 1.54) is 18.2 Å². The van der Waals surface area contributed by atoms with Gasteiger partial charge < -0.3 is 15.5 Å². The number of hydrogen-bond donors (Lipinski definition) is 2. The molecule has 1 unspecified atom stereocenters. The standard InChI is InChI=1S/C22H27N5O4/c1-16-7-9-17(10-8-16)20(26-13-11-25(2)12-14-26)15-23-21(28)22(29)24-18-5-3-4-6-19(18)27(30)31/h3-10,20H,11-15H2,1-2H3,(H,23,28)(H,24,29). The lowest BCUT2D eigenvalue weighted by Gasteiger charge is -2.38. The van der Waals surface area contributed by atoms with Crippen LogP contribution in [0.25, 0.3) is 0 Å². The molecule has 2 N–H and O–H groups in total. The summed E-state index contributed by atoms with van der Waals surface area (Å²) in [5, 5.41) is 16.1. The molecule has 1 aliphatic rings. The summed E-state index contributed by atoms with van der Waals surface area (Å²) in [4.78, 5) is 39.8. The molecule has 9 heteroatoms. The number of rotatable bonds is 6. The van der Waals surface area contributed by atoms with Gasteiger partial charge >= 0.3 is 11.8 Å². The van der Waals surface area contributed by atoms with Crippen molar-refractivity contribution < 1.29 is 14.5 Å². The molecule has 2 amide bonds. The Morgan fingerprint density at radius 3 is 2.32 bits per heavy atom. The van der Waals surface area contributed by atoms with Gasteiger partial charge in [0.1, 0.15) is 5.69 Å². The van der Waals surface area contributed by atoms with Crippen LogP contribution in [0.4, 0.5) is 11.4 Å². The van der Waals surface area contributed by atoms with Crippen LogP contribution in [0.1, 0.15) is 17.2 Å². The van der Waals surface area contributed by atoms with E-state index in [0.29, 0.717) is 0 Å². The molecule has 164 valence electrons. The second kappa shape index (κ2) is 10.1. The largest absolute Gasteiger partial charge is 0.346 e. The van der Waals surface area contributed by atoms with Crippen LogP contribution in [-0.4, -0.2) is 66.3 Å². The minimum atomic E-state index is -0.935. The van der Waals surface area contributed by atoms with Crippen molar-refractivity contribution in [3.8, 4) is 0 Å². The first kappa shape index (κ1) is 22.4. The Labute approximate surface area is 181 Å². The van der Waals surface area contributed by atoms with Crippen molar-refractivity contribution in [3.05, 3.63) is 69.8 Å². The van der Waals surface area contributed by atoms with Gasteiger partial charge in [0.15, 0.2) is 0 Å². The van der Waals surface area contributed by atoms with Crippen molar-refractivity contribution in [1.82, 2.24) is 15.1 Å². The number of benzene rings is 2. The van der Waals surface area contributed by atoms with Crippen LogP contribution >= 0.6 is 0 Å². The van der Waals surface area contributed by atoms with Crippen molar-refractivity contribution in [3.63, 3.8) is 0 Å². The summed E-state index contributed by atoms with van der Waals surface area (Å²) in [6.07, 6.45) is 0. The number of anilines is 1. The van der Waals surface area contributed by atoms with Crippen LogP contribution in [-0.2, 0) is 9.59 Å². The summed E-state index contributed by atoms with van der Waals surface area (Å²) >= 11 is 0. The number of likely N-dealkylation sites (N-methyl/N-ethyl adjacent to an activating group) is 1. The number of piperazine rings is 1. The molecule has 1 saturated heterocycles. The number of amides is 2. The summed E-state index contributed by atoms with van der Waals surface area (Å²) in [6, 6.07) is 13.8. The van der Waals surface area contributed by atoms with E-state index in [4.69, 9.17) is 0 Å². The zero-order valence-electron chi connectivity index (χ0n) is 17.7. The normalized spacial score (nSPS) is 15.8. The topological polar surface area (TPSA) is 108 Å². The van der Waals surface area contributed by atoms with Gasteiger partial charge in [-0.1, -0.05) is 42.0 Å². The zero-order chi connectivity index (χ0) is 22.4. The van der Waals surface area contributed by atoms with Crippen molar-refractivity contribution in [2.45, 2.75) is 13.0 Å². The number of nitro groups is 1. The molecule has 9 nitrogen and oxygen atoms in total. The molecule has 31 heavy (non-hydrogen) atoms. The Balaban J connectivity index is 1.67. The minimum absolute atomic E-state index is 0.0122. The third-order valence-corrected chi connectivity index (χ3v) is 5.45. The summed E-state index contributed by atoms with van der Waals surface area (Å²) in [5.74, 6) is -1.76. The van der Waals surface area contributed by atoms with Crippen molar-refractivity contribution >= 4 is 23.2 Å². The maximum atomic E-state index is 12.4. The smallest absolute Gasteiger partial charge is 0.313 e. The molecule has 1 heterocycles. The maximum absolute atomic E-state index is 12.4. The second-order valence-corrected chi connectivity index (χ2v) is 7.70. The van der Waals surface area contributed by atoms with Crippen LogP contribution in [0.5, 0.6) is 0 Å². The highest BCUT2D eigenvalue weighted by Gasteiger charge is 2.26. The quantitative estimate of drug-likeness (QED) is 0.416. The van der Waals surface area contributed by atoms with E-state index in [9.17, 15) is 19.7 Å². The van der Waals surface area contributed by atoms with Crippen molar-refractivity contribution in [2.75, 3.05) is 45.1 Å². The van der Waals surface area contributed by atoms with E-state index >= 15 is 0 Å². The van der Waals surface area contributed by atoms with Gasteiger partial charge in [0.2, 0.25) is 0 Å². The fraction of sp³-hybridized carbons (Fsp3) is 0.364. The predicted molar refractivity (Wildman–Crippen MR) is 118 cm³/mol. The van der Waals surface area contributed by atoms with E-state index in [2.05, 4.69) is 27.5 Å². The Morgan fingerprint density at radius 1 is 1.03 bits per heavy atom. The fourth-order valence-electron chi connectivity index (χ4n) is 3.57. The van der Waals surface area contributed by atoms with Gasteiger partial charge in [0, 0.05) is 38.8 Å². The monoisotopic (exact) mass is 425 g/mol. The van der Waals surface area contributed by atoms with Crippen molar-refractivity contribution in [1.29, 1.82) is 0 Å². The fourth-order valence-corrected chi connectivity index (χ4v) is 3.57. The third-order valence-electron chi connectivity index (χ3n) is 5.45. The molecule has 1 atom stereocenters. The Kier molecular flexibility index (Phi) is 7.32. The highest BCUT2D eigenvalue weighted by atomic mass is 16.6. The summed E-state index contributed by atoms with van der Waals surface area (Å²) in [5.41, 5.74) is 1.93. The van der Waals surface area contributed by atoms with Gasteiger partial charge in [-0.2, -0.15) is 0 Å². The summed E-state index contributed by atoms with van der Waals surface area (Å²) in [6.45, 7) is 5.84.